The van der Waals surface area contributed by atoms with Gasteiger partial charge in [0.25, 0.3) is 0 Å². The quantitative estimate of drug-likeness (QED) is 0.434. The summed E-state index contributed by atoms with van der Waals surface area (Å²) in [6, 6.07) is 7.34. The van der Waals surface area contributed by atoms with Gasteiger partial charge in [0.1, 0.15) is 0 Å². The Morgan fingerprint density at radius 2 is 1.92 bits per heavy atom. The number of hydrogen-bond donors (Lipinski definition) is 0. The van der Waals surface area contributed by atoms with Gasteiger partial charge in [-0.05, 0) is 0 Å². The maximum Gasteiger partial charge on any atom is 0.173 e. The molecule has 0 aliphatic heterocycles. The fourth-order valence-electron chi connectivity index (χ4n) is 0.904. The first-order valence-electron chi connectivity index (χ1n) is 3.66. The number of Topliss-reactive ketones (excluding diaryl/α,β-unsaturated/α-hetero) is 1. The highest BCUT2D eigenvalue weighted by Gasteiger charge is 2.01. The highest BCUT2D eigenvalue weighted by Crippen LogP contribution is 2.06. The van der Waals surface area contributed by atoms with E-state index in [-0.39, 0.29) is 5.78 Å². The molecule has 0 aromatic heterocycles. The smallest absolute Gasteiger partial charge is 0.173 e. The molecule has 3 heteroatoms. The van der Waals surface area contributed by atoms with E-state index >= 15 is 0 Å². The van der Waals surface area contributed by atoms with Crippen LogP contribution in [0.2, 0.25) is 0 Å². The van der Waals surface area contributed by atoms with Crippen LogP contribution in [-0.2, 0) is 6.32 Å². The van der Waals surface area contributed by atoms with Gasteiger partial charge in [-0.3, -0.25) is 4.79 Å². The normalized spacial score (nSPS) is 9.75. The Bertz CT molecular complexity index is 268. The highest BCUT2D eigenvalue weighted by atomic mass is 79.9. The van der Waals surface area contributed by atoms with E-state index in [0.717, 1.165) is 11.1 Å². The van der Waals surface area contributed by atoms with Gasteiger partial charge in [-0.25, -0.2) is 0 Å². The Morgan fingerprint density at radius 3 is 2.33 bits per heavy atom. The largest absolute Gasteiger partial charge is 0.293 e. The second-order valence-electron chi connectivity index (χ2n) is 2.46. The second-order valence-corrected chi connectivity index (χ2v) is 3.02. The summed E-state index contributed by atoms with van der Waals surface area (Å²) in [6.07, 6.45) is 0.517. The Kier molecular flexibility index (Phi) is 3.54. The van der Waals surface area contributed by atoms with Gasteiger partial charge >= 0.3 is 0 Å². The standard InChI is InChI=1S/C9H8BBrO/c10-5-7-1-3-8(4-2-7)9(12)6-11/h1-4H,5-6H2. The summed E-state index contributed by atoms with van der Waals surface area (Å²) in [5, 5.41) is 0.370. The zero-order valence-corrected chi connectivity index (χ0v) is 8.17. The van der Waals surface area contributed by atoms with Crippen molar-refractivity contribution in [2.24, 2.45) is 0 Å². The van der Waals surface area contributed by atoms with E-state index in [4.69, 9.17) is 7.85 Å². The topological polar surface area (TPSA) is 17.1 Å². The molecule has 1 rings (SSSR count). The summed E-state index contributed by atoms with van der Waals surface area (Å²) in [5.74, 6) is 0.0959. The van der Waals surface area contributed by atoms with E-state index in [2.05, 4.69) is 15.9 Å². The van der Waals surface area contributed by atoms with Crippen molar-refractivity contribution in [2.75, 3.05) is 5.33 Å². The van der Waals surface area contributed by atoms with E-state index < -0.39 is 0 Å². The number of carbonyl (C=O) groups excluding carboxylic acids is 1. The molecule has 0 unspecified atom stereocenters. The number of halogens is 1. The molecular formula is C9H8BBrO. The van der Waals surface area contributed by atoms with Crippen LogP contribution < -0.4 is 0 Å². The van der Waals surface area contributed by atoms with Crippen molar-refractivity contribution in [3.05, 3.63) is 35.4 Å². The number of hydrogen-bond acceptors (Lipinski definition) is 1. The molecule has 60 valence electrons. The molecule has 1 aromatic carbocycles. The van der Waals surface area contributed by atoms with Crippen molar-refractivity contribution >= 4 is 29.6 Å². The minimum absolute atomic E-state index is 0.0959. The second kappa shape index (κ2) is 4.46. The van der Waals surface area contributed by atoms with Crippen LogP contribution in [0.15, 0.2) is 24.3 Å². The maximum absolute atomic E-state index is 11.1. The van der Waals surface area contributed by atoms with Gasteiger partial charge < -0.3 is 0 Å². The van der Waals surface area contributed by atoms with Crippen LogP contribution in [0.4, 0.5) is 0 Å². The van der Waals surface area contributed by atoms with Gasteiger partial charge in [0.15, 0.2) is 5.78 Å². The summed E-state index contributed by atoms with van der Waals surface area (Å²) in [4.78, 5) is 11.1. The van der Waals surface area contributed by atoms with Crippen molar-refractivity contribution in [1.82, 2.24) is 0 Å². The first-order chi connectivity index (χ1) is 5.77. The van der Waals surface area contributed by atoms with Gasteiger partial charge in [-0.15, -0.1) is 0 Å². The molecule has 1 nitrogen and oxygen atoms in total. The van der Waals surface area contributed by atoms with Crippen molar-refractivity contribution < 1.29 is 4.79 Å². The van der Waals surface area contributed by atoms with E-state index in [0.29, 0.717) is 11.7 Å². The summed E-state index contributed by atoms with van der Waals surface area (Å²) < 4.78 is 0. The summed E-state index contributed by atoms with van der Waals surface area (Å²) in [5.41, 5.74) is 1.77. The SMILES string of the molecule is [B]Cc1ccc(C(=O)CBr)cc1. The Hall–Kier alpha value is -0.565. The van der Waals surface area contributed by atoms with Crippen LogP contribution in [0.25, 0.3) is 0 Å². The van der Waals surface area contributed by atoms with Crippen LogP contribution in [0.3, 0.4) is 0 Å². The molecule has 0 spiro atoms. The summed E-state index contributed by atoms with van der Waals surface area (Å²) in [6.45, 7) is 0. The van der Waals surface area contributed by atoms with Crippen LogP contribution in [0, 0.1) is 0 Å². The Labute approximate surface area is 81.7 Å². The van der Waals surface area contributed by atoms with Crippen LogP contribution in [-0.4, -0.2) is 19.0 Å². The number of ketones is 1. The first kappa shape index (κ1) is 9.52. The number of alkyl halides is 1. The van der Waals surface area contributed by atoms with Crippen molar-refractivity contribution in [3.63, 3.8) is 0 Å². The lowest BCUT2D eigenvalue weighted by molar-refractivity contribution is 0.102. The molecule has 0 saturated heterocycles. The first-order valence-corrected chi connectivity index (χ1v) is 4.78. The summed E-state index contributed by atoms with van der Waals surface area (Å²) >= 11 is 3.11. The predicted molar refractivity (Wildman–Crippen MR) is 54.0 cm³/mol. The van der Waals surface area contributed by atoms with Crippen LogP contribution >= 0.6 is 15.9 Å². The highest BCUT2D eigenvalue weighted by molar-refractivity contribution is 9.09. The minimum atomic E-state index is 0.0959. The lowest BCUT2D eigenvalue weighted by Gasteiger charge is -1.98. The van der Waals surface area contributed by atoms with E-state index in [1.54, 1.807) is 12.1 Å². The molecule has 1 aromatic rings. The molecular weight excluding hydrogens is 215 g/mol. The van der Waals surface area contributed by atoms with E-state index in [1.165, 1.54) is 0 Å². The number of rotatable bonds is 3. The Morgan fingerprint density at radius 1 is 1.33 bits per heavy atom. The van der Waals surface area contributed by atoms with Crippen molar-refractivity contribution in [1.29, 1.82) is 0 Å². The molecule has 0 heterocycles. The molecule has 12 heavy (non-hydrogen) atoms. The molecule has 0 aliphatic rings. The number of benzene rings is 1. The third kappa shape index (κ3) is 2.21. The predicted octanol–water partition coefficient (Wildman–Crippen LogP) is 1.93. The number of carbonyl (C=O) groups is 1. The van der Waals surface area contributed by atoms with Gasteiger partial charge in [-0.1, -0.05) is 52.1 Å². The average Bonchev–Trinajstić information content (AvgIpc) is 2.17. The fraction of sp³-hybridized carbons (Fsp3) is 0.222. The van der Waals surface area contributed by atoms with Crippen LogP contribution in [0.1, 0.15) is 15.9 Å². The molecule has 2 radical (unpaired) electrons. The zero-order chi connectivity index (χ0) is 8.97. The average molecular weight is 223 g/mol. The van der Waals surface area contributed by atoms with Gasteiger partial charge in [-0.2, -0.15) is 0 Å². The molecule has 0 amide bonds. The van der Waals surface area contributed by atoms with Gasteiger partial charge in [0.2, 0.25) is 0 Å². The van der Waals surface area contributed by atoms with Crippen LogP contribution in [0.5, 0.6) is 0 Å². The Balaban J connectivity index is 2.84. The molecule has 0 bridgehead atoms. The van der Waals surface area contributed by atoms with Gasteiger partial charge in [0.05, 0.1) is 13.2 Å². The lowest BCUT2D eigenvalue weighted by atomic mass is 9.96. The maximum atomic E-state index is 11.1. The van der Waals surface area contributed by atoms with Crippen molar-refractivity contribution in [3.8, 4) is 0 Å². The fourth-order valence-corrected chi connectivity index (χ4v) is 1.23. The molecule has 0 fully saturated rings. The van der Waals surface area contributed by atoms with E-state index in [9.17, 15) is 4.79 Å². The zero-order valence-electron chi connectivity index (χ0n) is 6.59. The molecule has 0 N–H and O–H groups in total. The summed E-state index contributed by atoms with van der Waals surface area (Å²) in [7, 11) is 5.41. The van der Waals surface area contributed by atoms with E-state index in [1.807, 2.05) is 12.1 Å². The monoisotopic (exact) mass is 222 g/mol. The lowest BCUT2D eigenvalue weighted by Crippen LogP contribution is -1.99. The van der Waals surface area contributed by atoms with Gasteiger partial charge in [0, 0.05) is 5.56 Å². The third-order valence-electron chi connectivity index (χ3n) is 1.63. The molecule has 0 aliphatic carbocycles. The molecule has 0 saturated carbocycles. The third-order valence-corrected chi connectivity index (χ3v) is 2.14. The molecule has 0 atom stereocenters. The van der Waals surface area contributed by atoms with Crippen molar-refractivity contribution in [2.45, 2.75) is 6.32 Å². The minimum Gasteiger partial charge on any atom is -0.293 e.